The predicted octanol–water partition coefficient (Wildman–Crippen LogP) is 13.2. The number of nitrogens with zero attached hydrogens (tertiary/aromatic N) is 4. The summed E-state index contributed by atoms with van der Waals surface area (Å²) in [5.74, 6) is 1.88. The highest BCUT2D eigenvalue weighted by atomic mass is 16.3. The number of furan rings is 1. The summed E-state index contributed by atoms with van der Waals surface area (Å²) >= 11 is 0. The molecule has 0 N–H and O–H groups in total. The molecular weight excluding hydrogens is 685 g/mol. The van der Waals surface area contributed by atoms with Crippen molar-refractivity contribution in [3.8, 4) is 62.1 Å². The lowest BCUT2D eigenvalue weighted by Gasteiger charge is -2.10. The van der Waals surface area contributed by atoms with E-state index in [1.165, 1.54) is 11.1 Å². The Morgan fingerprint density at radius 3 is 1.55 bits per heavy atom. The molecule has 0 atom stereocenters. The molecule has 0 saturated carbocycles. The Bertz CT molecular complexity index is 3170. The molecule has 11 rings (SSSR count). The van der Waals surface area contributed by atoms with Gasteiger partial charge in [-0.3, -0.25) is 0 Å². The molecule has 0 bridgehead atoms. The summed E-state index contributed by atoms with van der Waals surface area (Å²) in [6.07, 6.45) is 0. The Hall–Kier alpha value is -7.63. The van der Waals surface area contributed by atoms with Gasteiger partial charge in [-0.15, -0.1) is 0 Å². The van der Waals surface area contributed by atoms with Crippen LogP contribution in [0.4, 0.5) is 0 Å². The molecule has 11 aromatic rings. The van der Waals surface area contributed by atoms with Crippen LogP contribution >= 0.6 is 0 Å². The molecule has 3 heterocycles. The smallest absolute Gasteiger partial charge is 0.164 e. The lowest BCUT2D eigenvalue weighted by atomic mass is 9.99. The zero-order chi connectivity index (χ0) is 37.0. The summed E-state index contributed by atoms with van der Waals surface area (Å²) in [7, 11) is 0. The molecule has 8 aromatic carbocycles. The van der Waals surface area contributed by atoms with Gasteiger partial charge in [-0.05, 0) is 59.2 Å². The van der Waals surface area contributed by atoms with E-state index in [-0.39, 0.29) is 0 Å². The molecule has 5 nitrogen and oxygen atoms in total. The van der Waals surface area contributed by atoms with Gasteiger partial charge in [0.15, 0.2) is 17.5 Å². The quantitative estimate of drug-likeness (QED) is 0.172. The molecule has 0 aliphatic heterocycles. The highest BCUT2D eigenvalue weighted by Gasteiger charge is 2.21. The van der Waals surface area contributed by atoms with Crippen molar-refractivity contribution in [1.82, 2.24) is 19.5 Å². The number of hydrogen-bond donors (Lipinski definition) is 0. The highest BCUT2D eigenvalue weighted by molar-refractivity contribution is 6.25. The van der Waals surface area contributed by atoms with Gasteiger partial charge in [0.2, 0.25) is 0 Å². The third kappa shape index (κ3) is 5.29. The maximum atomic E-state index is 7.10. The van der Waals surface area contributed by atoms with Crippen LogP contribution in [0.15, 0.2) is 199 Å². The summed E-state index contributed by atoms with van der Waals surface area (Å²) in [5, 5.41) is 4.40. The Kier molecular flexibility index (Phi) is 7.42. The van der Waals surface area contributed by atoms with E-state index in [1.54, 1.807) is 0 Å². The molecule has 0 unspecified atom stereocenters. The van der Waals surface area contributed by atoms with Crippen molar-refractivity contribution in [2.45, 2.75) is 0 Å². The minimum atomic E-state index is 0.612. The first-order valence-electron chi connectivity index (χ1n) is 18.8. The summed E-state index contributed by atoms with van der Waals surface area (Å²) in [6.45, 7) is 0. The average molecular weight is 717 g/mol. The lowest BCUT2D eigenvalue weighted by Crippen LogP contribution is -2.00. The largest absolute Gasteiger partial charge is 0.455 e. The van der Waals surface area contributed by atoms with Crippen LogP contribution in [0.3, 0.4) is 0 Å². The van der Waals surface area contributed by atoms with Gasteiger partial charge in [0, 0.05) is 44.1 Å². The van der Waals surface area contributed by atoms with Crippen molar-refractivity contribution in [3.63, 3.8) is 0 Å². The van der Waals surface area contributed by atoms with Gasteiger partial charge < -0.3 is 8.98 Å². The second kappa shape index (κ2) is 13.0. The van der Waals surface area contributed by atoms with E-state index >= 15 is 0 Å². The first-order chi connectivity index (χ1) is 27.8. The van der Waals surface area contributed by atoms with Crippen LogP contribution in [-0.4, -0.2) is 19.5 Å². The first kappa shape index (κ1) is 31.9. The Morgan fingerprint density at radius 1 is 0.339 bits per heavy atom. The molecule has 262 valence electrons. The Morgan fingerprint density at radius 2 is 0.875 bits per heavy atom. The third-order valence-corrected chi connectivity index (χ3v) is 10.6. The van der Waals surface area contributed by atoms with Gasteiger partial charge in [-0.2, -0.15) is 0 Å². The third-order valence-electron chi connectivity index (χ3n) is 10.6. The van der Waals surface area contributed by atoms with Gasteiger partial charge in [0.1, 0.15) is 11.2 Å². The molecule has 0 saturated heterocycles. The first-order valence-corrected chi connectivity index (χ1v) is 18.8. The molecule has 0 aliphatic carbocycles. The van der Waals surface area contributed by atoms with Crippen LogP contribution < -0.4 is 0 Å². The van der Waals surface area contributed by atoms with Crippen molar-refractivity contribution in [2.24, 2.45) is 0 Å². The Balaban J connectivity index is 1.11. The second-order valence-corrected chi connectivity index (χ2v) is 14.0. The second-order valence-electron chi connectivity index (χ2n) is 14.0. The molecule has 0 aliphatic rings. The van der Waals surface area contributed by atoms with Crippen LogP contribution in [0, 0.1) is 0 Å². The summed E-state index contributed by atoms with van der Waals surface area (Å²) in [6, 6.07) is 67.3. The zero-order valence-electron chi connectivity index (χ0n) is 30.2. The number of benzene rings is 8. The number of fused-ring (bicyclic) bond motifs is 7. The SMILES string of the molecule is c1ccc(-c2ccc3c(c2)c2c4oc5c(-c6cccc(-c7nc(-c8ccccc8)nc(-c8ccccc8)n7)c6)cccc5c4ccc2n3-c2ccccc2)cc1. The zero-order valence-corrected chi connectivity index (χ0v) is 30.2. The number of para-hydroxylation sites is 2. The van der Waals surface area contributed by atoms with Crippen molar-refractivity contribution >= 4 is 43.7 Å². The molecular formula is C51H32N4O. The maximum absolute atomic E-state index is 7.10. The van der Waals surface area contributed by atoms with Crippen LogP contribution in [0.2, 0.25) is 0 Å². The Labute approximate surface area is 322 Å². The minimum absolute atomic E-state index is 0.612. The molecule has 0 radical (unpaired) electrons. The van der Waals surface area contributed by atoms with Gasteiger partial charge in [-0.1, -0.05) is 152 Å². The molecule has 0 amide bonds. The van der Waals surface area contributed by atoms with Crippen molar-refractivity contribution in [3.05, 3.63) is 194 Å². The summed E-state index contributed by atoms with van der Waals surface area (Å²) < 4.78 is 9.44. The standard InChI is InChI=1S/C51H32N4O/c1-5-15-33(16-6-1)36-27-29-44-43(32-36)46-45(55(44)39-23-11-4-12-24-39)30-28-42-41-26-14-25-40(47(41)56-48(42)46)37-21-13-22-38(31-37)51-53-49(34-17-7-2-8-18-34)52-50(54-51)35-19-9-3-10-20-35/h1-32H. The lowest BCUT2D eigenvalue weighted by molar-refractivity contribution is 0.674. The van der Waals surface area contributed by atoms with Crippen molar-refractivity contribution in [2.75, 3.05) is 0 Å². The van der Waals surface area contributed by atoms with Gasteiger partial charge in [-0.25, -0.2) is 15.0 Å². The minimum Gasteiger partial charge on any atom is -0.455 e. The normalized spacial score (nSPS) is 11.6. The van der Waals surface area contributed by atoms with Crippen LogP contribution in [0.25, 0.3) is 106 Å². The average Bonchev–Trinajstić information content (AvgIpc) is 3.83. The van der Waals surface area contributed by atoms with Gasteiger partial charge in [0.25, 0.3) is 0 Å². The van der Waals surface area contributed by atoms with Gasteiger partial charge >= 0.3 is 0 Å². The predicted molar refractivity (Wildman–Crippen MR) is 229 cm³/mol. The van der Waals surface area contributed by atoms with E-state index in [2.05, 4.69) is 138 Å². The van der Waals surface area contributed by atoms with E-state index in [9.17, 15) is 0 Å². The fourth-order valence-corrected chi connectivity index (χ4v) is 8.02. The molecule has 56 heavy (non-hydrogen) atoms. The number of aromatic nitrogens is 4. The van der Waals surface area contributed by atoms with E-state index in [1.807, 2.05) is 60.7 Å². The maximum Gasteiger partial charge on any atom is 0.164 e. The molecule has 3 aromatic heterocycles. The van der Waals surface area contributed by atoms with E-state index in [0.717, 1.165) is 77.2 Å². The monoisotopic (exact) mass is 716 g/mol. The molecule has 0 fully saturated rings. The number of rotatable bonds is 6. The highest BCUT2D eigenvalue weighted by Crippen LogP contribution is 2.44. The van der Waals surface area contributed by atoms with Gasteiger partial charge in [0.05, 0.1) is 16.4 Å². The summed E-state index contributed by atoms with van der Waals surface area (Å²) in [5.41, 5.74) is 12.2. The van der Waals surface area contributed by atoms with Crippen molar-refractivity contribution in [1.29, 1.82) is 0 Å². The van der Waals surface area contributed by atoms with Crippen LogP contribution in [0.1, 0.15) is 0 Å². The fraction of sp³-hybridized carbons (Fsp3) is 0. The van der Waals surface area contributed by atoms with Crippen LogP contribution in [-0.2, 0) is 0 Å². The molecule has 0 spiro atoms. The topological polar surface area (TPSA) is 56.7 Å². The molecule has 5 heteroatoms. The summed E-state index contributed by atoms with van der Waals surface area (Å²) in [4.78, 5) is 14.9. The van der Waals surface area contributed by atoms with E-state index in [4.69, 9.17) is 19.4 Å². The number of hydrogen-bond acceptors (Lipinski definition) is 4. The van der Waals surface area contributed by atoms with E-state index in [0.29, 0.717) is 17.5 Å². The van der Waals surface area contributed by atoms with Crippen molar-refractivity contribution < 1.29 is 4.42 Å². The van der Waals surface area contributed by atoms with Crippen LogP contribution in [0.5, 0.6) is 0 Å². The fourth-order valence-electron chi connectivity index (χ4n) is 8.02. The van der Waals surface area contributed by atoms with E-state index < -0.39 is 0 Å².